The first-order valence-corrected chi connectivity index (χ1v) is 16.0. The number of anilines is 1. The van der Waals surface area contributed by atoms with E-state index in [0.717, 1.165) is 38.2 Å². The van der Waals surface area contributed by atoms with Crippen LogP contribution in [0.4, 0.5) is 14.3 Å². The molecule has 5 nitrogen and oxygen atoms in total. The Hall–Kier alpha value is -3.78. The predicted molar refractivity (Wildman–Crippen MR) is 189 cm³/mol. The third kappa shape index (κ3) is 7.12. The number of halogens is 3. The minimum Gasteiger partial charge on any atom is -0.496 e. The Labute approximate surface area is 278 Å². The van der Waals surface area contributed by atoms with Gasteiger partial charge in [0.1, 0.15) is 11.6 Å². The van der Waals surface area contributed by atoms with Gasteiger partial charge in [0.2, 0.25) is 5.91 Å². The first kappa shape index (κ1) is 35.1. The fraction of sp³-hybridized carbons (Fsp3) is 0.378. The third-order valence-corrected chi connectivity index (χ3v) is 8.84. The maximum atomic E-state index is 14.3. The topological polar surface area (TPSA) is 46.5 Å². The summed E-state index contributed by atoms with van der Waals surface area (Å²) in [4.78, 5) is 14.0. The molecule has 1 aromatic heterocycles. The fourth-order valence-electron chi connectivity index (χ4n) is 5.98. The van der Waals surface area contributed by atoms with E-state index in [4.69, 9.17) is 16.3 Å². The van der Waals surface area contributed by atoms with Crippen molar-refractivity contribution < 1.29 is 18.2 Å². The normalized spacial score (nSPS) is 18.2. The summed E-state index contributed by atoms with van der Waals surface area (Å²) >= 11 is 5.66. The fourth-order valence-corrected chi connectivity index (χ4v) is 6.05. The number of carbonyl (C=O) groups excluding carboxylic acids is 1. The highest BCUT2D eigenvalue weighted by atomic mass is 35.5. The smallest absolute Gasteiger partial charge is 0.496 e. The van der Waals surface area contributed by atoms with Crippen molar-refractivity contribution in [3.8, 4) is 5.75 Å². The van der Waals surface area contributed by atoms with E-state index in [1.807, 2.05) is 26.1 Å². The number of allylic oxidation sites excluding steroid dienone is 1. The van der Waals surface area contributed by atoms with Gasteiger partial charge < -0.3 is 19.4 Å². The molecule has 1 atom stereocenters. The maximum Gasteiger partial charge on any atom is 0.677 e. The lowest BCUT2D eigenvalue weighted by Gasteiger charge is -2.33. The van der Waals surface area contributed by atoms with Crippen molar-refractivity contribution in [2.45, 2.75) is 71.8 Å². The molecule has 0 fully saturated rings. The number of hydrogen-bond acceptors (Lipinski definition) is 3. The summed E-state index contributed by atoms with van der Waals surface area (Å²) in [6, 6.07) is 15.0. The van der Waals surface area contributed by atoms with Crippen LogP contribution >= 0.6 is 11.6 Å². The second-order valence-corrected chi connectivity index (χ2v) is 14.4. The van der Waals surface area contributed by atoms with Crippen LogP contribution in [0.1, 0.15) is 83.3 Å². The SMILES string of the molecule is COc1c(/C=C/C2(C)C=C(C)/C(=C(\c3ccc(NC(=O)CCl)cc3)c3cccn3B(F)F)N2C)cc(C(C)(C)C)cc1C(C)(C)C. The number of carbonyl (C=O) groups is 1. The molecule has 1 amide bonds. The average molecular weight is 648 g/mol. The molecule has 1 N–H and O–H groups in total. The Bertz CT molecular complexity index is 1690. The number of ether oxygens (including phenoxy) is 1. The van der Waals surface area contributed by atoms with Crippen molar-refractivity contribution in [1.82, 2.24) is 9.38 Å². The van der Waals surface area contributed by atoms with Crippen molar-refractivity contribution in [2.75, 3.05) is 25.4 Å². The lowest BCUT2D eigenvalue weighted by molar-refractivity contribution is -0.113. The minimum atomic E-state index is -2.72. The summed E-state index contributed by atoms with van der Waals surface area (Å²) in [6.07, 6.45) is 7.82. The largest absolute Gasteiger partial charge is 0.677 e. The number of alkyl halides is 1. The van der Waals surface area contributed by atoms with Gasteiger partial charge in [0, 0.05) is 35.1 Å². The highest BCUT2D eigenvalue weighted by molar-refractivity contribution is 6.41. The molecule has 0 radical (unpaired) electrons. The zero-order valence-electron chi connectivity index (χ0n) is 28.6. The van der Waals surface area contributed by atoms with E-state index < -0.39 is 12.9 Å². The zero-order valence-corrected chi connectivity index (χ0v) is 29.3. The van der Waals surface area contributed by atoms with Gasteiger partial charge in [-0.2, -0.15) is 0 Å². The van der Waals surface area contributed by atoms with Crippen LogP contribution in [0.25, 0.3) is 11.6 Å². The van der Waals surface area contributed by atoms with E-state index in [1.165, 1.54) is 11.8 Å². The van der Waals surface area contributed by atoms with Crippen LogP contribution in [0.5, 0.6) is 5.75 Å². The molecule has 1 aliphatic rings. The number of nitrogens with zero attached hydrogens (tertiary/aromatic N) is 2. The predicted octanol–water partition coefficient (Wildman–Crippen LogP) is 9.16. The number of aromatic nitrogens is 1. The second-order valence-electron chi connectivity index (χ2n) is 14.2. The number of hydrogen-bond donors (Lipinski definition) is 1. The van der Waals surface area contributed by atoms with Crippen molar-refractivity contribution in [1.29, 1.82) is 0 Å². The average Bonchev–Trinajstić information content (AvgIpc) is 3.55. The molecular formula is C37H45BClF2N3O2. The molecule has 4 rings (SSSR count). The van der Waals surface area contributed by atoms with Crippen LogP contribution in [-0.2, 0) is 15.6 Å². The Balaban J connectivity index is 1.88. The molecule has 46 heavy (non-hydrogen) atoms. The third-order valence-electron chi connectivity index (χ3n) is 8.60. The van der Waals surface area contributed by atoms with Crippen LogP contribution in [-0.4, -0.2) is 48.3 Å². The van der Waals surface area contributed by atoms with Crippen molar-refractivity contribution >= 4 is 42.2 Å². The molecule has 0 aliphatic carbocycles. The first-order chi connectivity index (χ1) is 21.4. The van der Waals surface area contributed by atoms with Gasteiger partial charge in [-0.05, 0) is 77.9 Å². The second kappa shape index (κ2) is 13.1. The standard InChI is InChI=1S/C37H45BClF2N3O2/c1-24-22-37(8,18-17-26-20-27(35(2,3)4)21-29(34(26)46-10)36(5,6)7)43(9)33(24)32(30-12-11-19-44(30)38(40)41)25-13-15-28(16-14-25)42-31(45)23-39/h11-22H,23H2,1-10H3,(H,42,45)/b18-17+,33-32-. The van der Waals surface area contributed by atoms with E-state index in [1.54, 1.807) is 31.4 Å². The number of amides is 1. The number of nitrogens with one attached hydrogen (secondary N) is 1. The van der Waals surface area contributed by atoms with Gasteiger partial charge in [-0.25, -0.2) is 0 Å². The molecule has 1 unspecified atom stereocenters. The van der Waals surface area contributed by atoms with Crippen LogP contribution < -0.4 is 10.1 Å². The van der Waals surface area contributed by atoms with Gasteiger partial charge in [0.05, 0.1) is 18.3 Å². The highest BCUT2D eigenvalue weighted by Gasteiger charge is 2.37. The summed E-state index contributed by atoms with van der Waals surface area (Å²) < 4.78 is 35.5. The molecule has 2 heterocycles. The molecule has 0 saturated heterocycles. The van der Waals surface area contributed by atoms with Crippen LogP contribution in [0, 0.1) is 0 Å². The molecule has 1 aliphatic heterocycles. The van der Waals surface area contributed by atoms with Gasteiger partial charge in [-0.1, -0.05) is 78.0 Å². The molecule has 0 saturated carbocycles. The van der Waals surface area contributed by atoms with E-state index in [0.29, 0.717) is 17.0 Å². The van der Waals surface area contributed by atoms with E-state index >= 15 is 0 Å². The summed E-state index contributed by atoms with van der Waals surface area (Å²) in [5.41, 5.74) is 6.72. The molecular weight excluding hydrogens is 603 g/mol. The van der Waals surface area contributed by atoms with Crippen molar-refractivity contribution in [3.63, 3.8) is 0 Å². The van der Waals surface area contributed by atoms with Gasteiger partial charge in [0.15, 0.2) is 0 Å². The molecule has 0 spiro atoms. The molecule has 2 aromatic carbocycles. The summed E-state index contributed by atoms with van der Waals surface area (Å²) in [6.45, 7) is 17.3. The highest BCUT2D eigenvalue weighted by Crippen LogP contribution is 2.43. The minimum absolute atomic E-state index is 0.0633. The van der Waals surface area contributed by atoms with Gasteiger partial charge in [-0.3, -0.25) is 13.4 Å². The van der Waals surface area contributed by atoms with Crippen LogP contribution in [0.2, 0.25) is 0 Å². The Kier molecular flexibility index (Phi) is 10.0. The van der Waals surface area contributed by atoms with Crippen LogP contribution in [0.3, 0.4) is 0 Å². The molecule has 3 aromatic rings. The molecule has 0 bridgehead atoms. The Morgan fingerprint density at radius 3 is 2.26 bits per heavy atom. The number of methoxy groups -OCH3 is 1. The van der Waals surface area contributed by atoms with Crippen LogP contribution in [0.15, 0.2) is 78.1 Å². The van der Waals surface area contributed by atoms with E-state index in [2.05, 4.69) is 89.0 Å². The van der Waals surface area contributed by atoms with Crippen molar-refractivity contribution in [2.24, 2.45) is 0 Å². The first-order valence-electron chi connectivity index (χ1n) is 15.4. The number of benzene rings is 2. The quantitative estimate of drug-likeness (QED) is 0.196. The molecule has 9 heteroatoms. The van der Waals surface area contributed by atoms with Gasteiger partial charge in [0.25, 0.3) is 0 Å². The lowest BCUT2D eigenvalue weighted by Crippen LogP contribution is -2.36. The van der Waals surface area contributed by atoms with E-state index in [-0.39, 0.29) is 22.6 Å². The zero-order chi connectivity index (χ0) is 34.2. The Morgan fingerprint density at radius 1 is 1.07 bits per heavy atom. The molecule has 244 valence electrons. The summed E-state index contributed by atoms with van der Waals surface area (Å²) in [7, 11) is 0.981. The van der Waals surface area contributed by atoms with Gasteiger partial charge in [-0.15, -0.1) is 11.6 Å². The monoisotopic (exact) mass is 647 g/mol. The van der Waals surface area contributed by atoms with E-state index in [9.17, 15) is 13.4 Å². The van der Waals surface area contributed by atoms with Gasteiger partial charge >= 0.3 is 7.40 Å². The summed E-state index contributed by atoms with van der Waals surface area (Å²) in [5, 5.41) is 2.74. The maximum absolute atomic E-state index is 14.3. The summed E-state index contributed by atoms with van der Waals surface area (Å²) in [5.74, 6) is 0.356. The Morgan fingerprint density at radius 2 is 1.72 bits per heavy atom. The lowest BCUT2D eigenvalue weighted by atomic mass is 9.78. The van der Waals surface area contributed by atoms with Crippen molar-refractivity contribution in [3.05, 3.63) is 106 Å². The number of rotatable bonds is 8. The number of likely N-dealkylation sites (N-methyl/N-ethyl adjacent to an activating group) is 1.